The highest BCUT2D eigenvalue weighted by Gasteiger charge is 2.55. The van der Waals surface area contributed by atoms with Crippen LogP contribution < -0.4 is 10.1 Å². The van der Waals surface area contributed by atoms with E-state index in [2.05, 4.69) is 16.3 Å². The summed E-state index contributed by atoms with van der Waals surface area (Å²) >= 11 is 0. The Labute approximate surface area is 147 Å². The lowest BCUT2D eigenvalue weighted by Crippen LogP contribution is -2.49. The van der Waals surface area contributed by atoms with E-state index < -0.39 is 5.54 Å². The second-order valence-corrected chi connectivity index (χ2v) is 6.80. The van der Waals surface area contributed by atoms with E-state index in [0.29, 0.717) is 37.4 Å². The summed E-state index contributed by atoms with van der Waals surface area (Å²) in [6, 6.07) is 8.67. The van der Waals surface area contributed by atoms with E-state index in [4.69, 9.17) is 10.00 Å². The average molecular weight is 342 g/mol. The van der Waals surface area contributed by atoms with Crippen molar-refractivity contribution >= 4 is 11.9 Å². The lowest BCUT2D eigenvalue weighted by molar-refractivity contribution is -0.132. The molecule has 1 aromatic carbocycles. The fourth-order valence-corrected chi connectivity index (χ4v) is 3.41. The Morgan fingerprint density at radius 1 is 1.40 bits per heavy atom. The first-order valence-corrected chi connectivity index (χ1v) is 8.46. The summed E-state index contributed by atoms with van der Waals surface area (Å²) in [6.07, 6.45) is 0.616. The molecule has 0 aromatic heterocycles. The maximum absolute atomic E-state index is 12.6. The van der Waals surface area contributed by atoms with E-state index >= 15 is 0 Å². The summed E-state index contributed by atoms with van der Waals surface area (Å²) in [4.78, 5) is 28.2. The Kier molecular flexibility index (Phi) is 4.64. The number of likely N-dealkylation sites (tertiary alicyclic amines) is 1. The van der Waals surface area contributed by atoms with Crippen LogP contribution >= 0.6 is 0 Å². The normalized spacial score (nSPS) is 23.4. The van der Waals surface area contributed by atoms with Gasteiger partial charge in [-0.2, -0.15) is 5.26 Å². The molecule has 1 unspecified atom stereocenters. The zero-order valence-electron chi connectivity index (χ0n) is 14.5. The fourth-order valence-electron chi connectivity index (χ4n) is 3.41. The third-order valence-corrected chi connectivity index (χ3v) is 4.70. The zero-order valence-corrected chi connectivity index (χ0v) is 14.5. The molecule has 3 amide bonds. The molecule has 1 aromatic rings. The molecule has 2 heterocycles. The monoisotopic (exact) mass is 342 g/mol. The molecule has 1 N–H and O–H groups in total. The van der Waals surface area contributed by atoms with Gasteiger partial charge in [0.1, 0.15) is 17.9 Å². The number of carbonyl (C=O) groups excluding carboxylic acids is 2. The van der Waals surface area contributed by atoms with Gasteiger partial charge >= 0.3 is 6.03 Å². The van der Waals surface area contributed by atoms with Crippen LogP contribution in [0.2, 0.25) is 0 Å². The lowest BCUT2D eigenvalue weighted by Gasteiger charge is -2.23. The molecule has 0 bridgehead atoms. The van der Waals surface area contributed by atoms with Gasteiger partial charge in [0, 0.05) is 25.7 Å². The molecule has 1 atom stereocenters. The van der Waals surface area contributed by atoms with Gasteiger partial charge < -0.3 is 10.1 Å². The Morgan fingerprint density at radius 3 is 2.88 bits per heavy atom. The predicted octanol–water partition coefficient (Wildman–Crippen LogP) is 1.34. The third-order valence-electron chi connectivity index (χ3n) is 4.70. The van der Waals surface area contributed by atoms with Gasteiger partial charge in [-0.05, 0) is 38.5 Å². The fraction of sp³-hybridized carbons (Fsp3) is 0.500. The third kappa shape index (κ3) is 3.30. The number of amides is 3. The Morgan fingerprint density at radius 2 is 2.20 bits per heavy atom. The van der Waals surface area contributed by atoms with E-state index in [-0.39, 0.29) is 18.0 Å². The predicted molar refractivity (Wildman–Crippen MR) is 91.0 cm³/mol. The molecular weight excluding hydrogens is 320 g/mol. The quantitative estimate of drug-likeness (QED) is 0.816. The molecule has 7 nitrogen and oxygen atoms in total. The van der Waals surface area contributed by atoms with Gasteiger partial charge in [-0.25, -0.2) is 4.79 Å². The van der Waals surface area contributed by atoms with Crippen LogP contribution in [-0.2, 0) is 4.79 Å². The Hall–Kier alpha value is -2.59. The Balaban J connectivity index is 1.54. The van der Waals surface area contributed by atoms with Crippen molar-refractivity contribution in [1.82, 2.24) is 15.1 Å². The number of hydrogen-bond donors (Lipinski definition) is 1. The van der Waals surface area contributed by atoms with Gasteiger partial charge in [-0.3, -0.25) is 14.6 Å². The highest BCUT2D eigenvalue weighted by atomic mass is 16.5. The standard InChI is InChI=1S/C18H22N4O3/c1-13(2)22-16(23)18(20-17(22)24)6-7-21(12-18)8-9-25-15-5-3-4-14(10-15)11-19/h3-5,10,13H,6-9,12H2,1-2H3,(H,20,24). The molecule has 2 saturated heterocycles. The van der Waals surface area contributed by atoms with E-state index in [9.17, 15) is 9.59 Å². The molecule has 7 heteroatoms. The minimum atomic E-state index is -0.790. The second kappa shape index (κ2) is 6.73. The number of hydrogen-bond acceptors (Lipinski definition) is 5. The summed E-state index contributed by atoms with van der Waals surface area (Å²) in [6.45, 7) is 6.03. The molecule has 0 radical (unpaired) electrons. The highest BCUT2D eigenvalue weighted by molar-refractivity contribution is 6.07. The maximum Gasteiger partial charge on any atom is 0.325 e. The first kappa shape index (κ1) is 17.2. The van der Waals surface area contributed by atoms with Crippen LogP contribution in [0.25, 0.3) is 0 Å². The number of nitrogens with zero attached hydrogens (tertiary/aromatic N) is 3. The zero-order chi connectivity index (χ0) is 18.0. The molecule has 1 spiro atoms. The number of nitrogens with one attached hydrogen (secondary N) is 1. The summed E-state index contributed by atoms with van der Waals surface area (Å²) in [7, 11) is 0. The SMILES string of the molecule is CC(C)N1C(=O)NC2(CCN(CCOc3cccc(C#N)c3)C2)C1=O. The molecule has 2 aliphatic heterocycles. The molecule has 25 heavy (non-hydrogen) atoms. The molecule has 0 aliphatic carbocycles. The number of nitriles is 1. The first-order chi connectivity index (χ1) is 11.9. The van der Waals surface area contributed by atoms with Crippen LogP contribution in [0.1, 0.15) is 25.8 Å². The maximum atomic E-state index is 12.6. The summed E-state index contributed by atoms with van der Waals surface area (Å²) in [5.41, 5.74) is -0.229. The number of rotatable bonds is 5. The number of urea groups is 1. The largest absolute Gasteiger partial charge is 0.492 e. The molecule has 0 saturated carbocycles. The van der Waals surface area contributed by atoms with Gasteiger partial charge in [0.25, 0.3) is 5.91 Å². The second-order valence-electron chi connectivity index (χ2n) is 6.80. The van der Waals surface area contributed by atoms with Crippen molar-refractivity contribution in [2.45, 2.75) is 31.8 Å². The molecule has 2 aliphatic rings. The van der Waals surface area contributed by atoms with E-state index in [1.165, 1.54) is 4.90 Å². The number of ether oxygens (including phenoxy) is 1. The molecule has 2 fully saturated rings. The van der Waals surface area contributed by atoms with Gasteiger partial charge in [0.2, 0.25) is 0 Å². The van der Waals surface area contributed by atoms with Crippen molar-refractivity contribution in [2.75, 3.05) is 26.2 Å². The number of carbonyl (C=O) groups is 2. The lowest BCUT2D eigenvalue weighted by atomic mass is 9.99. The van der Waals surface area contributed by atoms with Gasteiger partial charge in [0.15, 0.2) is 0 Å². The minimum Gasteiger partial charge on any atom is -0.492 e. The van der Waals surface area contributed by atoms with Crippen molar-refractivity contribution in [3.05, 3.63) is 29.8 Å². The van der Waals surface area contributed by atoms with Crippen LogP contribution in [0.15, 0.2) is 24.3 Å². The number of imide groups is 1. The van der Waals surface area contributed by atoms with Crippen molar-refractivity contribution < 1.29 is 14.3 Å². The van der Waals surface area contributed by atoms with Crippen LogP contribution in [0.3, 0.4) is 0 Å². The minimum absolute atomic E-state index is 0.127. The summed E-state index contributed by atoms with van der Waals surface area (Å²) < 4.78 is 5.69. The van der Waals surface area contributed by atoms with Crippen molar-refractivity contribution in [3.63, 3.8) is 0 Å². The first-order valence-electron chi connectivity index (χ1n) is 8.46. The smallest absolute Gasteiger partial charge is 0.325 e. The average Bonchev–Trinajstić information content (AvgIpc) is 3.09. The molecule has 3 rings (SSSR count). The number of benzene rings is 1. The van der Waals surface area contributed by atoms with Crippen molar-refractivity contribution in [3.8, 4) is 11.8 Å². The Bertz CT molecular complexity index is 727. The van der Waals surface area contributed by atoms with Crippen molar-refractivity contribution in [2.24, 2.45) is 0 Å². The van der Waals surface area contributed by atoms with Gasteiger partial charge in [0.05, 0.1) is 11.6 Å². The molecule has 132 valence electrons. The van der Waals surface area contributed by atoms with E-state index in [1.54, 1.807) is 18.2 Å². The topological polar surface area (TPSA) is 85.7 Å². The van der Waals surface area contributed by atoms with Crippen LogP contribution in [0.5, 0.6) is 5.75 Å². The summed E-state index contributed by atoms with van der Waals surface area (Å²) in [5.74, 6) is 0.529. The van der Waals surface area contributed by atoms with Gasteiger partial charge in [-0.15, -0.1) is 0 Å². The molecular formula is C18H22N4O3. The van der Waals surface area contributed by atoms with Crippen molar-refractivity contribution in [1.29, 1.82) is 5.26 Å². The van der Waals surface area contributed by atoms with Crippen LogP contribution in [0, 0.1) is 11.3 Å². The van der Waals surface area contributed by atoms with E-state index in [0.717, 1.165) is 6.54 Å². The van der Waals surface area contributed by atoms with Gasteiger partial charge in [-0.1, -0.05) is 6.07 Å². The van der Waals surface area contributed by atoms with E-state index in [1.807, 2.05) is 19.9 Å². The van der Waals surface area contributed by atoms with Crippen LogP contribution in [0.4, 0.5) is 4.79 Å². The van der Waals surface area contributed by atoms with Crippen LogP contribution in [-0.4, -0.2) is 59.6 Å². The highest BCUT2D eigenvalue weighted by Crippen LogP contribution is 2.29. The summed E-state index contributed by atoms with van der Waals surface area (Å²) in [5, 5.41) is 11.8.